The van der Waals surface area contributed by atoms with Crippen molar-refractivity contribution in [1.82, 2.24) is 5.32 Å². The number of rotatable bonds is 8. The van der Waals surface area contributed by atoms with E-state index >= 15 is 0 Å². The predicted molar refractivity (Wildman–Crippen MR) is 68.5 cm³/mol. The normalized spacial score (nSPS) is 10.3. The van der Waals surface area contributed by atoms with Gasteiger partial charge in [-0.15, -0.1) is 0 Å². The molecule has 0 aliphatic carbocycles. The first-order chi connectivity index (χ1) is 8.77. The Labute approximate surface area is 108 Å². The molecule has 3 nitrogen and oxygen atoms in total. The van der Waals surface area contributed by atoms with Crippen LogP contribution in [0.2, 0.25) is 0 Å². The van der Waals surface area contributed by atoms with Crippen molar-refractivity contribution >= 4 is 0 Å². The fraction of sp³-hybridized carbons (Fsp3) is 0.500. The quantitative estimate of drug-likeness (QED) is 0.721. The van der Waals surface area contributed by atoms with E-state index in [9.17, 15) is 4.39 Å². The standard InChI is InChI=1S/C14H19FN2O/c1-18-8-4-2-3-7-17-11-12-5-6-14(15)13(9-12)10-16/h5-6,9,17H,2-4,7-8,11H2,1H3. The Bertz CT molecular complexity index is 401. The molecule has 1 rings (SSSR count). The van der Waals surface area contributed by atoms with E-state index in [-0.39, 0.29) is 5.56 Å². The number of benzene rings is 1. The van der Waals surface area contributed by atoms with Gasteiger partial charge < -0.3 is 10.1 Å². The van der Waals surface area contributed by atoms with Crippen LogP contribution in [0.25, 0.3) is 0 Å². The lowest BCUT2D eigenvalue weighted by atomic mass is 10.1. The van der Waals surface area contributed by atoms with Crippen LogP contribution in [0.4, 0.5) is 4.39 Å². The summed E-state index contributed by atoms with van der Waals surface area (Å²) in [5.74, 6) is -0.458. The molecule has 1 N–H and O–H groups in total. The summed E-state index contributed by atoms with van der Waals surface area (Å²) in [5.41, 5.74) is 1.04. The summed E-state index contributed by atoms with van der Waals surface area (Å²) in [6.45, 7) is 2.39. The molecule has 0 bridgehead atoms. The molecule has 0 aliphatic heterocycles. The summed E-state index contributed by atoms with van der Waals surface area (Å²) in [4.78, 5) is 0. The second-order valence-electron chi connectivity index (χ2n) is 4.16. The van der Waals surface area contributed by atoms with Crippen molar-refractivity contribution in [2.75, 3.05) is 20.3 Å². The molecule has 0 amide bonds. The van der Waals surface area contributed by atoms with Gasteiger partial charge in [0.25, 0.3) is 0 Å². The zero-order valence-corrected chi connectivity index (χ0v) is 10.7. The lowest BCUT2D eigenvalue weighted by molar-refractivity contribution is 0.192. The third-order valence-electron chi connectivity index (χ3n) is 2.68. The van der Waals surface area contributed by atoms with Crippen LogP contribution in [0.1, 0.15) is 30.4 Å². The molecule has 0 atom stereocenters. The molecule has 0 aromatic heterocycles. The Balaban J connectivity index is 2.22. The van der Waals surface area contributed by atoms with E-state index in [1.54, 1.807) is 19.2 Å². The van der Waals surface area contributed by atoms with Gasteiger partial charge in [0.15, 0.2) is 0 Å². The molecular formula is C14H19FN2O. The molecule has 4 heteroatoms. The van der Waals surface area contributed by atoms with Crippen LogP contribution < -0.4 is 5.32 Å². The molecule has 98 valence electrons. The van der Waals surface area contributed by atoms with Gasteiger partial charge in [0.1, 0.15) is 11.9 Å². The van der Waals surface area contributed by atoms with E-state index < -0.39 is 5.82 Å². The Hall–Kier alpha value is -1.44. The van der Waals surface area contributed by atoms with Gasteiger partial charge in [0, 0.05) is 20.3 Å². The fourth-order valence-corrected chi connectivity index (χ4v) is 1.67. The van der Waals surface area contributed by atoms with Crippen molar-refractivity contribution in [3.8, 4) is 6.07 Å². The maximum atomic E-state index is 13.1. The Morgan fingerprint density at radius 2 is 2.17 bits per heavy atom. The zero-order valence-electron chi connectivity index (χ0n) is 10.7. The van der Waals surface area contributed by atoms with Crippen LogP contribution in [0, 0.1) is 17.1 Å². The largest absolute Gasteiger partial charge is 0.385 e. The van der Waals surface area contributed by atoms with Gasteiger partial charge >= 0.3 is 0 Å². The number of nitrogens with one attached hydrogen (secondary N) is 1. The fourth-order valence-electron chi connectivity index (χ4n) is 1.67. The van der Waals surface area contributed by atoms with Crippen molar-refractivity contribution in [3.63, 3.8) is 0 Å². The van der Waals surface area contributed by atoms with Crippen LogP contribution in [0.3, 0.4) is 0 Å². The van der Waals surface area contributed by atoms with Gasteiger partial charge in [-0.05, 0) is 43.5 Å². The van der Waals surface area contributed by atoms with Gasteiger partial charge in [-0.1, -0.05) is 6.07 Å². The number of unbranched alkanes of at least 4 members (excludes halogenated alkanes) is 2. The Kier molecular flexibility index (Phi) is 7.00. The highest BCUT2D eigenvalue weighted by atomic mass is 19.1. The highest BCUT2D eigenvalue weighted by molar-refractivity contribution is 5.34. The second-order valence-corrected chi connectivity index (χ2v) is 4.16. The predicted octanol–water partition coefficient (Wildman–Crippen LogP) is 2.60. The first-order valence-electron chi connectivity index (χ1n) is 6.16. The smallest absolute Gasteiger partial charge is 0.140 e. The van der Waals surface area contributed by atoms with Crippen LogP contribution in [0.5, 0.6) is 0 Å². The SMILES string of the molecule is COCCCCCNCc1ccc(F)c(C#N)c1. The maximum Gasteiger partial charge on any atom is 0.140 e. The van der Waals surface area contributed by atoms with Crippen LogP contribution >= 0.6 is 0 Å². The maximum absolute atomic E-state index is 13.1. The Morgan fingerprint density at radius 3 is 2.89 bits per heavy atom. The minimum absolute atomic E-state index is 0.106. The lowest BCUT2D eigenvalue weighted by Gasteiger charge is -2.05. The molecule has 1 aromatic rings. The number of hydrogen-bond acceptors (Lipinski definition) is 3. The van der Waals surface area contributed by atoms with Gasteiger partial charge in [-0.3, -0.25) is 0 Å². The summed E-state index contributed by atoms with van der Waals surface area (Å²) >= 11 is 0. The van der Waals surface area contributed by atoms with E-state index in [4.69, 9.17) is 10.00 Å². The van der Waals surface area contributed by atoms with Gasteiger partial charge in [-0.2, -0.15) is 5.26 Å². The van der Waals surface area contributed by atoms with E-state index in [1.165, 1.54) is 6.07 Å². The third kappa shape index (κ3) is 5.26. The summed E-state index contributed by atoms with van der Waals surface area (Å²) in [7, 11) is 1.71. The Morgan fingerprint density at radius 1 is 1.33 bits per heavy atom. The minimum Gasteiger partial charge on any atom is -0.385 e. The molecular weight excluding hydrogens is 231 g/mol. The molecule has 0 saturated carbocycles. The molecule has 1 aromatic carbocycles. The molecule has 18 heavy (non-hydrogen) atoms. The molecule has 0 spiro atoms. The molecule has 0 aliphatic rings. The summed E-state index contributed by atoms with van der Waals surface area (Å²) in [6, 6.07) is 6.48. The number of halogens is 1. The topological polar surface area (TPSA) is 45.0 Å². The highest BCUT2D eigenvalue weighted by Gasteiger charge is 2.02. The number of nitrogens with zero attached hydrogens (tertiary/aromatic N) is 1. The molecule has 0 unspecified atom stereocenters. The van der Waals surface area contributed by atoms with Crippen molar-refractivity contribution < 1.29 is 9.13 Å². The van der Waals surface area contributed by atoms with E-state index in [0.29, 0.717) is 6.54 Å². The van der Waals surface area contributed by atoms with Gasteiger partial charge in [-0.25, -0.2) is 4.39 Å². The van der Waals surface area contributed by atoms with Crippen molar-refractivity contribution in [3.05, 3.63) is 35.1 Å². The number of ether oxygens (including phenoxy) is 1. The highest BCUT2D eigenvalue weighted by Crippen LogP contribution is 2.09. The van der Waals surface area contributed by atoms with E-state index in [0.717, 1.165) is 38.0 Å². The van der Waals surface area contributed by atoms with Crippen LogP contribution in [0.15, 0.2) is 18.2 Å². The molecule has 0 radical (unpaired) electrons. The first kappa shape index (κ1) is 14.6. The summed E-state index contributed by atoms with van der Waals surface area (Å²) < 4.78 is 18.0. The average molecular weight is 250 g/mol. The second kappa shape index (κ2) is 8.62. The third-order valence-corrected chi connectivity index (χ3v) is 2.68. The number of hydrogen-bond donors (Lipinski definition) is 1. The van der Waals surface area contributed by atoms with Crippen molar-refractivity contribution in [1.29, 1.82) is 5.26 Å². The lowest BCUT2D eigenvalue weighted by Crippen LogP contribution is -2.15. The molecule has 0 saturated heterocycles. The summed E-state index contributed by atoms with van der Waals surface area (Å²) in [6.07, 6.45) is 3.30. The van der Waals surface area contributed by atoms with E-state index in [1.807, 2.05) is 6.07 Å². The van der Waals surface area contributed by atoms with Gasteiger partial charge in [0.05, 0.1) is 5.56 Å². The van der Waals surface area contributed by atoms with Gasteiger partial charge in [0.2, 0.25) is 0 Å². The minimum atomic E-state index is -0.458. The number of nitriles is 1. The van der Waals surface area contributed by atoms with E-state index in [2.05, 4.69) is 5.32 Å². The molecule has 0 fully saturated rings. The van der Waals surface area contributed by atoms with Crippen LogP contribution in [-0.4, -0.2) is 20.3 Å². The van der Waals surface area contributed by atoms with Crippen molar-refractivity contribution in [2.24, 2.45) is 0 Å². The zero-order chi connectivity index (χ0) is 13.2. The monoisotopic (exact) mass is 250 g/mol. The van der Waals surface area contributed by atoms with Crippen molar-refractivity contribution in [2.45, 2.75) is 25.8 Å². The first-order valence-corrected chi connectivity index (χ1v) is 6.16. The number of methoxy groups -OCH3 is 1. The van der Waals surface area contributed by atoms with Crippen LogP contribution in [-0.2, 0) is 11.3 Å². The summed E-state index contributed by atoms with van der Waals surface area (Å²) in [5, 5.41) is 12.0. The average Bonchev–Trinajstić information content (AvgIpc) is 2.39. The molecule has 0 heterocycles.